The van der Waals surface area contributed by atoms with Gasteiger partial charge in [-0.2, -0.15) is 0 Å². The Morgan fingerprint density at radius 1 is 1.18 bits per heavy atom. The highest BCUT2D eigenvalue weighted by Crippen LogP contribution is 2.33. The van der Waals surface area contributed by atoms with Crippen LogP contribution in [0.3, 0.4) is 0 Å². The number of carbonyl (C=O) groups excluding carboxylic acids is 1. The lowest BCUT2D eigenvalue weighted by molar-refractivity contribution is 0.0336. The summed E-state index contributed by atoms with van der Waals surface area (Å²) in [6.45, 7) is 5.80. The molecule has 0 bridgehead atoms. The maximum Gasteiger partial charge on any atom is 0.253 e. The highest BCUT2D eigenvalue weighted by atomic mass is 19.1. The molecule has 5 rings (SSSR count). The molecule has 1 aromatic carbocycles. The van der Waals surface area contributed by atoms with Gasteiger partial charge >= 0.3 is 0 Å². The fraction of sp³-hybridized carbons (Fsp3) is 0.346. The molecule has 2 aromatic heterocycles. The summed E-state index contributed by atoms with van der Waals surface area (Å²) in [4.78, 5) is 23.6. The van der Waals surface area contributed by atoms with Gasteiger partial charge in [0.05, 0.1) is 47.0 Å². The van der Waals surface area contributed by atoms with Crippen LogP contribution in [0.15, 0.2) is 42.6 Å². The standard InChI is InChI=1S/C26H26F2N4O2/c1-26(2)14-32(9-8-22(26)33)17-7-6-16(29-12-17)10-15-11-20(24-18(27)4-3-5-19(24)28)31-21-13-30-25(34)23(15)21/h3-7,11-12,22,33H,8-10,13-14H2,1-2H3,(H,30,34)/t22-/m1/s1. The summed E-state index contributed by atoms with van der Waals surface area (Å²) in [6.07, 6.45) is 2.49. The third kappa shape index (κ3) is 4.03. The second kappa shape index (κ2) is 8.43. The van der Waals surface area contributed by atoms with Crippen molar-refractivity contribution in [3.8, 4) is 11.3 Å². The van der Waals surface area contributed by atoms with E-state index in [4.69, 9.17) is 0 Å². The molecule has 34 heavy (non-hydrogen) atoms. The van der Waals surface area contributed by atoms with Gasteiger partial charge in [0.25, 0.3) is 5.91 Å². The number of aliphatic hydroxyl groups is 1. The summed E-state index contributed by atoms with van der Waals surface area (Å²) >= 11 is 0. The van der Waals surface area contributed by atoms with Crippen molar-refractivity contribution in [2.75, 3.05) is 18.0 Å². The Morgan fingerprint density at radius 2 is 1.94 bits per heavy atom. The summed E-state index contributed by atoms with van der Waals surface area (Å²) in [5, 5.41) is 13.0. The lowest BCUT2D eigenvalue weighted by atomic mass is 9.81. The van der Waals surface area contributed by atoms with Crippen LogP contribution in [-0.2, 0) is 13.0 Å². The number of piperidine rings is 1. The number of halogens is 2. The Kier molecular flexibility index (Phi) is 5.56. The van der Waals surface area contributed by atoms with Crippen molar-refractivity contribution in [3.05, 3.63) is 76.7 Å². The zero-order valence-corrected chi connectivity index (χ0v) is 19.1. The molecule has 0 aliphatic carbocycles. The largest absolute Gasteiger partial charge is 0.392 e. The average molecular weight is 465 g/mol. The fourth-order valence-corrected chi connectivity index (χ4v) is 4.79. The van der Waals surface area contributed by atoms with Crippen LogP contribution in [0, 0.1) is 17.0 Å². The van der Waals surface area contributed by atoms with E-state index in [2.05, 4.69) is 34.0 Å². The van der Waals surface area contributed by atoms with Gasteiger partial charge in [0.15, 0.2) is 0 Å². The van der Waals surface area contributed by atoms with E-state index in [9.17, 15) is 18.7 Å². The van der Waals surface area contributed by atoms with Crippen LogP contribution < -0.4 is 10.2 Å². The molecule has 4 heterocycles. The minimum absolute atomic E-state index is 0.159. The molecular formula is C26H26F2N4O2. The third-order valence-electron chi connectivity index (χ3n) is 6.76. The maximum atomic E-state index is 14.4. The molecule has 1 fully saturated rings. The second-order valence-electron chi connectivity index (χ2n) is 9.67. The number of benzene rings is 1. The molecule has 0 saturated carbocycles. The van der Waals surface area contributed by atoms with Crippen molar-refractivity contribution in [1.82, 2.24) is 15.3 Å². The van der Waals surface area contributed by atoms with Crippen LogP contribution in [0.4, 0.5) is 14.5 Å². The minimum Gasteiger partial charge on any atom is -0.392 e. The summed E-state index contributed by atoms with van der Waals surface area (Å²) < 4.78 is 28.9. The van der Waals surface area contributed by atoms with Crippen molar-refractivity contribution < 1.29 is 18.7 Å². The number of hydrogen-bond acceptors (Lipinski definition) is 5. The Bertz CT molecular complexity index is 1240. The summed E-state index contributed by atoms with van der Waals surface area (Å²) in [7, 11) is 0. The number of amides is 1. The van der Waals surface area contributed by atoms with Crippen LogP contribution in [0.25, 0.3) is 11.3 Å². The first kappa shape index (κ1) is 22.4. The van der Waals surface area contributed by atoms with Gasteiger partial charge in [-0.1, -0.05) is 19.9 Å². The lowest BCUT2D eigenvalue weighted by Gasteiger charge is -2.42. The van der Waals surface area contributed by atoms with E-state index in [1.54, 1.807) is 12.3 Å². The Morgan fingerprint density at radius 3 is 2.62 bits per heavy atom. The number of nitrogens with one attached hydrogen (secondary N) is 1. The van der Waals surface area contributed by atoms with E-state index in [0.29, 0.717) is 29.7 Å². The van der Waals surface area contributed by atoms with Crippen LogP contribution in [-0.4, -0.2) is 40.2 Å². The van der Waals surface area contributed by atoms with Gasteiger partial charge in [0, 0.05) is 30.6 Å². The van der Waals surface area contributed by atoms with Gasteiger partial charge in [0.1, 0.15) is 11.6 Å². The fourth-order valence-electron chi connectivity index (χ4n) is 4.79. The van der Waals surface area contributed by atoms with Crippen molar-refractivity contribution >= 4 is 11.6 Å². The van der Waals surface area contributed by atoms with E-state index in [1.807, 2.05) is 12.1 Å². The molecule has 1 amide bonds. The molecule has 6 nitrogen and oxygen atoms in total. The van der Waals surface area contributed by atoms with Crippen LogP contribution in [0.5, 0.6) is 0 Å². The van der Waals surface area contributed by atoms with Crippen LogP contribution in [0.1, 0.15) is 47.6 Å². The number of aromatic nitrogens is 2. The van der Waals surface area contributed by atoms with Crippen molar-refractivity contribution in [1.29, 1.82) is 0 Å². The topological polar surface area (TPSA) is 78.4 Å². The third-order valence-corrected chi connectivity index (χ3v) is 6.76. The van der Waals surface area contributed by atoms with Crippen LogP contribution in [0.2, 0.25) is 0 Å². The zero-order chi connectivity index (χ0) is 24.0. The van der Waals surface area contributed by atoms with Gasteiger partial charge in [-0.05, 0) is 42.3 Å². The van der Waals surface area contributed by atoms with Gasteiger partial charge in [0.2, 0.25) is 0 Å². The molecule has 1 atom stereocenters. The summed E-state index contributed by atoms with van der Waals surface area (Å²) in [5.74, 6) is -1.65. The minimum atomic E-state index is -0.701. The molecule has 8 heteroatoms. The summed E-state index contributed by atoms with van der Waals surface area (Å²) in [6, 6.07) is 9.15. The highest BCUT2D eigenvalue weighted by molar-refractivity contribution is 5.99. The molecule has 0 radical (unpaired) electrons. The van der Waals surface area contributed by atoms with E-state index < -0.39 is 11.6 Å². The molecule has 0 spiro atoms. The molecule has 2 N–H and O–H groups in total. The van der Waals surface area contributed by atoms with Gasteiger partial charge in [-0.3, -0.25) is 9.78 Å². The number of rotatable bonds is 4. The molecule has 0 unspecified atom stereocenters. The Hall–Kier alpha value is -3.39. The van der Waals surface area contributed by atoms with E-state index >= 15 is 0 Å². The van der Waals surface area contributed by atoms with Gasteiger partial charge in [-0.25, -0.2) is 13.8 Å². The summed E-state index contributed by atoms with van der Waals surface area (Å²) in [5.41, 5.74) is 2.99. The molecule has 1 saturated heterocycles. The molecule has 2 aliphatic heterocycles. The number of fused-ring (bicyclic) bond motifs is 1. The quantitative estimate of drug-likeness (QED) is 0.613. The Balaban J connectivity index is 1.46. The first-order chi connectivity index (χ1) is 16.2. The van der Waals surface area contributed by atoms with Gasteiger partial charge < -0.3 is 15.3 Å². The number of carbonyl (C=O) groups is 1. The maximum absolute atomic E-state index is 14.4. The first-order valence-electron chi connectivity index (χ1n) is 11.4. The monoisotopic (exact) mass is 464 g/mol. The number of aliphatic hydroxyl groups excluding tert-OH is 1. The zero-order valence-electron chi connectivity index (χ0n) is 19.1. The van der Waals surface area contributed by atoms with Crippen molar-refractivity contribution in [3.63, 3.8) is 0 Å². The van der Waals surface area contributed by atoms with Crippen molar-refractivity contribution in [2.45, 2.75) is 39.3 Å². The van der Waals surface area contributed by atoms with E-state index in [0.717, 1.165) is 24.5 Å². The van der Waals surface area contributed by atoms with Crippen LogP contribution >= 0.6 is 0 Å². The molecule has 2 aliphatic rings. The van der Waals surface area contributed by atoms with Crippen molar-refractivity contribution in [2.24, 2.45) is 5.41 Å². The number of anilines is 1. The predicted octanol–water partition coefficient (Wildman–Crippen LogP) is 3.85. The smallest absolute Gasteiger partial charge is 0.253 e. The lowest BCUT2D eigenvalue weighted by Crippen LogP contribution is -2.48. The van der Waals surface area contributed by atoms with Gasteiger partial charge in [-0.15, -0.1) is 0 Å². The number of hydrogen-bond donors (Lipinski definition) is 2. The molecule has 3 aromatic rings. The highest BCUT2D eigenvalue weighted by Gasteiger charge is 2.34. The predicted molar refractivity (Wildman–Crippen MR) is 124 cm³/mol. The van der Waals surface area contributed by atoms with E-state index in [1.165, 1.54) is 18.2 Å². The average Bonchev–Trinajstić information content (AvgIpc) is 3.17. The molecule has 176 valence electrons. The number of nitrogens with zero attached hydrogens (tertiary/aromatic N) is 3. The molecular weight excluding hydrogens is 438 g/mol. The first-order valence-corrected chi connectivity index (χ1v) is 11.4. The SMILES string of the molecule is CC1(C)CN(c2ccc(Cc3cc(-c4c(F)cccc4F)nc4c3C(=O)NC4)nc2)CC[C@H]1O. The number of pyridine rings is 2. The second-order valence-corrected chi connectivity index (χ2v) is 9.67. The normalized spacial score (nSPS) is 19.1. The van der Waals surface area contributed by atoms with E-state index in [-0.39, 0.29) is 35.2 Å². The Labute approximate surface area is 196 Å².